The fourth-order valence-electron chi connectivity index (χ4n) is 0.790. The topological polar surface area (TPSA) is 21.3 Å². The van der Waals surface area contributed by atoms with E-state index in [1.807, 2.05) is 0 Å². The third-order valence-electron chi connectivity index (χ3n) is 1.46. The minimum absolute atomic E-state index is 0.420. The molecule has 1 fully saturated rings. The zero-order valence-corrected chi connectivity index (χ0v) is 5.65. The molecule has 1 heterocycles. The van der Waals surface area contributed by atoms with Crippen LogP contribution in [0.3, 0.4) is 0 Å². The van der Waals surface area contributed by atoms with E-state index in [4.69, 9.17) is 4.74 Å². The lowest BCUT2D eigenvalue weighted by molar-refractivity contribution is -0.00284. The first-order chi connectivity index (χ1) is 4.79. The van der Waals surface area contributed by atoms with Gasteiger partial charge < -0.3 is 10.1 Å². The van der Waals surface area contributed by atoms with Gasteiger partial charge in [0, 0.05) is 19.0 Å². The summed E-state index contributed by atoms with van der Waals surface area (Å²) in [5.74, 6) is 0.457. The maximum absolute atomic E-state index is 11.5. The molecular formula is C6H11F2NO. The second kappa shape index (κ2) is 3.83. The summed E-state index contributed by atoms with van der Waals surface area (Å²) >= 11 is 0. The molecule has 1 aliphatic rings. The first-order valence-corrected chi connectivity index (χ1v) is 3.35. The first kappa shape index (κ1) is 7.88. The third-order valence-corrected chi connectivity index (χ3v) is 1.46. The Morgan fingerprint density at radius 1 is 1.50 bits per heavy atom. The summed E-state index contributed by atoms with van der Waals surface area (Å²) < 4.78 is 27.6. The number of halogens is 2. The van der Waals surface area contributed by atoms with Crippen LogP contribution in [-0.2, 0) is 4.74 Å². The molecule has 0 aromatic rings. The van der Waals surface area contributed by atoms with Crippen LogP contribution in [0.4, 0.5) is 8.78 Å². The van der Waals surface area contributed by atoms with E-state index in [2.05, 4.69) is 5.32 Å². The van der Waals surface area contributed by atoms with Crippen molar-refractivity contribution in [3.63, 3.8) is 0 Å². The predicted molar refractivity (Wildman–Crippen MR) is 33.2 cm³/mol. The van der Waals surface area contributed by atoms with Crippen molar-refractivity contribution in [2.24, 2.45) is 5.92 Å². The number of hydrogen-bond acceptors (Lipinski definition) is 2. The van der Waals surface area contributed by atoms with E-state index < -0.39 is 13.0 Å². The van der Waals surface area contributed by atoms with Gasteiger partial charge in [-0.25, -0.2) is 8.78 Å². The van der Waals surface area contributed by atoms with Crippen molar-refractivity contribution < 1.29 is 13.5 Å². The van der Waals surface area contributed by atoms with Gasteiger partial charge in [-0.3, -0.25) is 0 Å². The summed E-state index contributed by atoms with van der Waals surface area (Å²) in [6.45, 7) is 1.86. The van der Waals surface area contributed by atoms with E-state index in [-0.39, 0.29) is 0 Å². The van der Waals surface area contributed by atoms with E-state index in [9.17, 15) is 8.78 Å². The van der Waals surface area contributed by atoms with Crippen molar-refractivity contribution >= 4 is 0 Å². The summed E-state index contributed by atoms with van der Waals surface area (Å²) in [6.07, 6.45) is -2.33. The molecule has 1 N–H and O–H groups in total. The highest BCUT2D eigenvalue weighted by molar-refractivity contribution is 4.73. The fraction of sp³-hybridized carbons (Fsp3) is 1.00. The van der Waals surface area contributed by atoms with Gasteiger partial charge in [0.05, 0.1) is 6.61 Å². The Kier molecular flexibility index (Phi) is 3.02. The Morgan fingerprint density at radius 3 is 2.60 bits per heavy atom. The van der Waals surface area contributed by atoms with Gasteiger partial charge in [0.1, 0.15) is 6.61 Å². The molecule has 1 saturated heterocycles. The highest BCUT2D eigenvalue weighted by Crippen LogP contribution is 2.03. The Morgan fingerprint density at radius 2 is 2.20 bits per heavy atom. The molecule has 0 aromatic carbocycles. The van der Waals surface area contributed by atoms with Gasteiger partial charge >= 0.3 is 0 Å². The number of nitrogens with one attached hydrogen (secondary N) is 1. The molecule has 1 rings (SSSR count). The monoisotopic (exact) mass is 151 g/mol. The molecule has 0 radical (unpaired) electrons. The van der Waals surface area contributed by atoms with Gasteiger partial charge in [-0.05, 0) is 0 Å². The molecule has 0 unspecified atom stereocenters. The highest BCUT2D eigenvalue weighted by Gasteiger charge is 2.16. The Bertz CT molecular complexity index is 95.7. The van der Waals surface area contributed by atoms with Crippen LogP contribution in [0, 0.1) is 5.92 Å². The Balaban J connectivity index is 1.85. The van der Waals surface area contributed by atoms with Gasteiger partial charge in [-0.2, -0.15) is 0 Å². The summed E-state index contributed by atoms with van der Waals surface area (Å²) in [4.78, 5) is 0. The maximum Gasteiger partial charge on any atom is 0.261 e. The standard InChI is InChI=1S/C6H11F2NO/c7-6(8)4-10-3-5-1-9-2-5/h5-6,9H,1-4H2. The SMILES string of the molecule is FC(F)COCC1CNC1. The molecule has 2 nitrogen and oxygen atoms in total. The lowest BCUT2D eigenvalue weighted by Gasteiger charge is -2.26. The third kappa shape index (κ3) is 2.58. The molecule has 0 saturated carbocycles. The molecule has 4 heteroatoms. The molecule has 1 aliphatic heterocycles. The Hall–Kier alpha value is -0.220. The van der Waals surface area contributed by atoms with Crippen LogP contribution >= 0.6 is 0 Å². The smallest absolute Gasteiger partial charge is 0.261 e. The zero-order valence-electron chi connectivity index (χ0n) is 5.65. The number of rotatable bonds is 4. The minimum atomic E-state index is -2.33. The summed E-state index contributed by atoms with van der Waals surface area (Å²) in [5, 5.41) is 3.03. The van der Waals surface area contributed by atoms with E-state index in [1.165, 1.54) is 0 Å². The molecule has 0 spiro atoms. The van der Waals surface area contributed by atoms with E-state index >= 15 is 0 Å². The second-order valence-electron chi connectivity index (χ2n) is 2.45. The van der Waals surface area contributed by atoms with E-state index in [0.717, 1.165) is 13.1 Å². The van der Waals surface area contributed by atoms with Gasteiger partial charge in [0.2, 0.25) is 0 Å². The van der Waals surface area contributed by atoms with Crippen molar-refractivity contribution in [1.29, 1.82) is 0 Å². The molecule has 0 aromatic heterocycles. The van der Waals surface area contributed by atoms with Crippen molar-refractivity contribution in [3.05, 3.63) is 0 Å². The number of hydrogen-bond donors (Lipinski definition) is 1. The molecule has 0 amide bonds. The van der Waals surface area contributed by atoms with Crippen LogP contribution in [-0.4, -0.2) is 32.7 Å². The normalized spacial score (nSPS) is 19.5. The fourth-order valence-corrected chi connectivity index (χ4v) is 0.790. The van der Waals surface area contributed by atoms with Gasteiger partial charge in [-0.1, -0.05) is 0 Å². The van der Waals surface area contributed by atoms with E-state index in [1.54, 1.807) is 0 Å². The average Bonchev–Trinajstić information content (AvgIpc) is 1.75. The van der Waals surface area contributed by atoms with Crippen LogP contribution in [0.5, 0.6) is 0 Å². The van der Waals surface area contributed by atoms with Crippen LogP contribution in [0.15, 0.2) is 0 Å². The first-order valence-electron chi connectivity index (χ1n) is 3.35. The molecular weight excluding hydrogens is 140 g/mol. The quantitative estimate of drug-likeness (QED) is 0.631. The largest absolute Gasteiger partial charge is 0.375 e. The molecule has 10 heavy (non-hydrogen) atoms. The van der Waals surface area contributed by atoms with Crippen LogP contribution in [0.25, 0.3) is 0 Å². The zero-order chi connectivity index (χ0) is 7.40. The summed E-state index contributed by atoms with van der Waals surface area (Å²) in [5.41, 5.74) is 0. The molecule has 60 valence electrons. The number of ether oxygens (including phenoxy) is 1. The lowest BCUT2D eigenvalue weighted by Crippen LogP contribution is -2.44. The molecule has 0 bridgehead atoms. The maximum atomic E-state index is 11.5. The highest BCUT2D eigenvalue weighted by atomic mass is 19.3. The van der Waals surface area contributed by atoms with Crippen LogP contribution < -0.4 is 5.32 Å². The lowest BCUT2D eigenvalue weighted by atomic mass is 10.1. The van der Waals surface area contributed by atoms with Crippen molar-refractivity contribution in [3.8, 4) is 0 Å². The van der Waals surface area contributed by atoms with Crippen molar-refractivity contribution in [2.75, 3.05) is 26.3 Å². The van der Waals surface area contributed by atoms with E-state index in [0.29, 0.717) is 12.5 Å². The minimum Gasteiger partial charge on any atom is -0.375 e. The van der Waals surface area contributed by atoms with Crippen LogP contribution in [0.1, 0.15) is 0 Å². The van der Waals surface area contributed by atoms with Crippen molar-refractivity contribution in [1.82, 2.24) is 5.32 Å². The average molecular weight is 151 g/mol. The Labute approximate surface area is 58.6 Å². The van der Waals surface area contributed by atoms with Gasteiger partial charge in [-0.15, -0.1) is 0 Å². The summed E-state index contributed by atoms with van der Waals surface area (Å²) in [6, 6.07) is 0. The predicted octanol–water partition coefficient (Wildman–Crippen LogP) is 0.487. The summed E-state index contributed by atoms with van der Waals surface area (Å²) in [7, 11) is 0. The molecule has 0 atom stereocenters. The molecule has 0 aliphatic carbocycles. The number of alkyl halides is 2. The van der Waals surface area contributed by atoms with Crippen molar-refractivity contribution in [2.45, 2.75) is 6.43 Å². The van der Waals surface area contributed by atoms with Crippen LogP contribution in [0.2, 0.25) is 0 Å². The van der Waals surface area contributed by atoms with Gasteiger partial charge in [0.25, 0.3) is 6.43 Å². The second-order valence-corrected chi connectivity index (χ2v) is 2.45. The van der Waals surface area contributed by atoms with Gasteiger partial charge in [0.15, 0.2) is 0 Å².